The van der Waals surface area contributed by atoms with Crippen molar-refractivity contribution in [3.63, 3.8) is 0 Å². The van der Waals surface area contributed by atoms with Gasteiger partial charge in [-0.1, -0.05) is 19.8 Å². The van der Waals surface area contributed by atoms with Crippen molar-refractivity contribution < 1.29 is 5.11 Å². The Kier molecular flexibility index (Phi) is 4.20. The summed E-state index contributed by atoms with van der Waals surface area (Å²) in [6, 6.07) is 0. The molecule has 1 atom stereocenters. The summed E-state index contributed by atoms with van der Waals surface area (Å²) in [6.45, 7) is 5.80. The van der Waals surface area contributed by atoms with E-state index in [1.165, 1.54) is 19.3 Å². The second-order valence-electron chi connectivity index (χ2n) is 4.55. The van der Waals surface area contributed by atoms with Crippen molar-refractivity contribution in [1.29, 1.82) is 0 Å². The highest BCUT2D eigenvalue weighted by atomic mass is 16.3. The standard InChI is InChI=1S/C11H23NO/c1-3-11(2,7-9-13)12-8-6-10-4-5-10/h10,12-13H,3-9H2,1-2H3. The minimum atomic E-state index is 0.156. The Bertz CT molecular complexity index is 145. The van der Waals surface area contributed by atoms with Gasteiger partial charge in [-0.25, -0.2) is 0 Å². The molecule has 1 rings (SSSR count). The van der Waals surface area contributed by atoms with Crippen LogP contribution in [0, 0.1) is 5.92 Å². The minimum absolute atomic E-state index is 0.156. The fourth-order valence-corrected chi connectivity index (χ4v) is 1.62. The van der Waals surface area contributed by atoms with Gasteiger partial charge in [0.15, 0.2) is 0 Å². The van der Waals surface area contributed by atoms with E-state index in [9.17, 15) is 0 Å². The first-order chi connectivity index (χ1) is 6.20. The van der Waals surface area contributed by atoms with E-state index in [1.807, 2.05) is 0 Å². The van der Waals surface area contributed by atoms with Crippen LogP contribution in [-0.2, 0) is 0 Å². The van der Waals surface area contributed by atoms with Crippen LogP contribution >= 0.6 is 0 Å². The average Bonchev–Trinajstić information content (AvgIpc) is 2.89. The molecule has 1 saturated carbocycles. The van der Waals surface area contributed by atoms with Gasteiger partial charge in [-0.2, -0.15) is 0 Å². The zero-order valence-corrected chi connectivity index (χ0v) is 8.97. The maximum absolute atomic E-state index is 8.91. The van der Waals surface area contributed by atoms with Crippen molar-refractivity contribution in [2.75, 3.05) is 13.2 Å². The van der Waals surface area contributed by atoms with Gasteiger partial charge in [0, 0.05) is 12.1 Å². The summed E-state index contributed by atoms with van der Waals surface area (Å²) in [4.78, 5) is 0. The van der Waals surface area contributed by atoms with Crippen LogP contribution in [0.3, 0.4) is 0 Å². The van der Waals surface area contributed by atoms with Crippen LogP contribution in [0.2, 0.25) is 0 Å². The van der Waals surface area contributed by atoms with Gasteiger partial charge in [0.1, 0.15) is 0 Å². The third-order valence-electron chi connectivity index (χ3n) is 3.25. The van der Waals surface area contributed by atoms with Crippen molar-refractivity contribution in [2.45, 2.75) is 51.5 Å². The first-order valence-electron chi connectivity index (χ1n) is 5.56. The lowest BCUT2D eigenvalue weighted by Gasteiger charge is -2.29. The van der Waals surface area contributed by atoms with Gasteiger partial charge in [0.25, 0.3) is 0 Å². The number of aliphatic hydroxyl groups excluding tert-OH is 1. The van der Waals surface area contributed by atoms with E-state index in [4.69, 9.17) is 5.11 Å². The molecule has 1 aliphatic rings. The summed E-state index contributed by atoms with van der Waals surface area (Å²) in [6.07, 6.45) is 6.16. The summed E-state index contributed by atoms with van der Waals surface area (Å²) in [5.41, 5.74) is 0.156. The van der Waals surface area contributed by atoms with Crippen LogP contribution in [-0.4, -0.2) is 23.8 Å². The van der Waals surface area contributed by atoms with E-state index in [2.05, 4.69) is 19.2 Å². The van der Waals surface area contributed by atoms with E-state index in [0.29, 0.717) is 6.61 Å². The summed E-state index contributed by atoms with van der Waals surface area (Å²) in [5, 5.41) is 12.5. The normalized spacial score (nSPS) is 21.5. The molecule has 1 aliphatic carbocycles. The topological polar surface area (TPSA) is 32.3 Å². The van der Waals surface area contributed by atoms with Crippen molar-refractivity contribution in [1.82, 2.24) is 5.32 Å². The molecule has 1 unspecified atom stereocenters. The third kappa shape index (κ3) is 4.10. The quantitative estimate of drug-likeness (QED) is 0.635. The molecule has 2 heteroatoms. The Hall–Kier alpha value is -0.0800. The van der Waals surface area contributed by atoms with Gasteiger partial charge in [0.2, 0.25) is 0 Å². The van der Waals surface area contributed by atoms with Crippen molar-refractivity contribution in [2.24, 2.45) is 5.92 Å². The Balaban J connectivity index is 2.12. The van der Waals surface area contributed by atoms with Crippen molar-refractivity contribution in [3.05, 3.63) is 0 Å². The third-order valence-corrected chi connectivity index (χ3v) is 3.25. The molecule has 0 aliphatic heterocycles. The molecule has 0 radical (unpaired) electrons. The summed E-state index contributed by atoms with van der Waals surface area (Å²) in [5.74, 6) is 1.00. The zero-order valence-electron chi connectivity index (χ0n) is 8.97. The van der Waals surface area contributed by atoms with Crippen molar-refractivity contribution >= 4 is 0 Å². The highest BCUT2D eigenvalue weighted by Gasteiger charge is 2.24. The first kappa shape index (κ1) is 11.0. The second kappa shape index (κ2) is 4.97. The molecule has 0 aromatic heterocycles. The highest BCUT2D eigenvalue weighted by molar-refractivity contribution is 4.82. The Morgan fingerprint density at radius 1 is 1.46 bits per heavy atom. The maximum atomic E-state index is 8.91. The van der Waals surface area contributed by atoms with Crippen LogP contribution in [0.4, 0.5) is 0 Å². The molecule has 0 heterocycles. The van der Waals surface area contributed by atoms with Crippen molar-refractivity contribution in [3.8, 4) is 0 Å². The molecular weight excluding hydrogens is 162 g/mol. The molecule has 2 nitrogen and oxygen atoms in total. The maximum Gasteiger partial charge on any atom is 0.0448 e. The zero-order chi connectivity index (χ0) is 9.73. The number of nitrogens with one attached hydrogen (secondary N) is 1. The predicted octanol–water partition coefficient (Wildman–Crippen LogP) is 1.93. The number of hydrogen-bond acceptors (Lipinski definition) is 2. The van der Waals surface area contributed by atoms with Crippen LogP contribution in [0.15, 0.2) is 0 Å². The predicted molar refractivity (Wildman–Crippen MR) is 55.7 cm³/mol. The van der Waals surface area contributed by atoms with Gasteiger partial charge >= 0.3 is 0 Å². The lowest BCUT2D eigenvalue weighted by atomic mass is 9.95. The van der Waals surface area contributed by atoms with Crippen LogP contribution in [0.5, 0.6) is 0 Å². The summed E-state index contributed by atoms with van der Waals surface area (Å²) < 4.78 is 0. The molecular formula is C11H23NO. The van der Waals surface area contributed by atoms with Gasteiger partial charge in [0.05, 0.1) is 0 Å². The number of hydrogen-bond donors (Lipinski definition) is 2. The molecule has 1 fully saturated rings. The molecule has 78 valence electrons. The van der Waals surface area contributed by atoms with E-state index < -0.39 is 0 Å². The smallest absolute Gasteiger partial charge is 0.0448 e. The fourth-order valence-electron chi connectivity index (χ4n) is 1.62. The van der Waals surface area contributed by atoms with Crippen LogP contribution < -0.4 is 5.32 Å². The first-order valence-corrected chi connectivity index (χ1v) is 5.56. The van der Waals surface area contributed by atoms with Crippen LogP contribution in [0.1, 0.15) is 46.0 Å². The minimum Gasteiger partial charge on any atom is -0.396 e. The lowest BCUT2D eigenvalue weighted by molar-refractivity contribution is 0.215. The number of rotatable bonds is 7. The van der Waals surface area contributed by atoms with E-state index in [-0.39, 0.29) is 5.54 Å². The van der Waals surface area contributed by atoms with E-state index >= 15 is 0 Å². The van der Waals surface area contributed by atoms with Gasteiger partial charge in [-0.3, -0.25) is 0 Å². The Labute approximate surface area is 81.7 Å². The fraction of sp³-hybridized carbons (Fsp3) is 1.00. The molecule has 2 N–H and O–H groups in total. The highest BCUT2D eigenvalue weighted by Crippen LogP contribution is 2.32. The molecule has 0 aromatic rings. The lowest BCUT2D eigenvalue weighted by Crippen LogP contribution is -2.43. The molecule has 0 amide bonds. The molecule has 13 heavy (non-hydrogen) atoms. The molecule has 0 bridgehead atoms. The van der Waals surface area contributed by atoms with Gasteiger partial charge in [-0.05, 0) is 38.6 Å². The number of aliphatic hydroxyl groups is 1. The SMILES string of the molecule is CCC(C)(CCO)NCCC1CC1. The second-order valence-corrected chi connectivity index (χ2v) is 4.55. The van der Waals surface area contributed by atoms with E-state index in [1.54, 1.807) is 0 Å². The Morgan fingerprint density at radius 3 is 2.62 bits per heavy atom. The van der Waals surface area contributed by atoms with Gasteiger partial charge in [-0.15, -0.1) is 0 Å². The average molecular weight is 185 g/mol. The summed E-state index contributed by atoms with van der Waals surface area (Å²) in [7, 11) is 0. The Morgan fingerprint density at radius 2 is 2.15 bits per heavy atom. The largest absolute Gasteiger partial charge is 0.396 e. The van der Waals surface area contributed by atoms with E-state index in [0.717, 1.165) is 25.3 Å². The summed E-state index contributed by atoms with van der Waals surface area (Å²) >= 11 is 0. The van der Waals surface area contributed by atoms with Crippen LogP contribution in [0.25, 0.3) is 0 Å². The van der Waals surface area contributed by atoms with Gasteiger partial charge < -0.3 is 10.4 Å². The molecule has 0 aromatic carbocycles. The monoisotopic (exact) mass is 185 g/mol. The molecule has 0 saturated heterocycles. The molecule has 0 spiro atoms.